The van der Waals surface area contributed by atoms with E-state index in [-0.39, 0.29) is 10.8 Å². The Labute approximate surface area is 123 Å². The van der Waals surface area contributed by atoms with E-state index < -0.39 is 16.1 Å². The number of carbonyl (C=O) groups is 1. The van der Waals surface area contributed by atoms with Gasteiger partial charge in [0, 0.05) is 36.9 Å². The first-order valence-corrected chi connectivity index (χ1v) is 7.81. The molecule has 21 heavy (non-hydrogen) atoms. The maximum absolute atomic E-state index is 12.4. The first-order valence-electron chi connectivity index (χ1n) is 6.32. The number of hydrogen-bond acceptors (Lipinski definition) is 4. The molecule has 1 aromatic heterocycles. The molecule has 0 aliphatic carbocycles. The summed E-state index contributed by atoms with van der Waals surface area (Å²) in [5, 5.41) is 0.529. The molecule has 1 heterocycles. The largest absolute Gasteiger partial charge is 0.399 e. The second-order valence-electron chi connectivity index (χ2n) is 5.03. The van der Waals surface area contributed by atoms with Crippen molar-refractivity contribution in [2.75, 3.05) is 19.8 Å². The second kappa shape index (κ2) is 5.38. The number of H-pyrrole nitrogens is 1. The Balaban J connectivity index is 2.36. The molecule has 0 aliphatic heterocycles. The van der Waals surface area contributed by atoms with Gasteiger partial charge < -0.3 is 15.6 Å². The van der Waals surface area contributed by atoms with Crippen molar-refractivity contribution in [1.29, 1.82) is 0 Å². The van der Waals surface area contributed by atoms with E-state index in [9.17, 15) is 13.2 Å². The van der Waals surface area contributed by atoms with Crippen LogP contribution in [0.15, 0.2) is 29.3 Å². The van der Waals surface area contributed by atoms with Crippen LogP contribution >= 0.6 is 0 Å². The lowest BCUT2D eigenvalue weighted by Crippen LogP contribution is -2.44. The van der Waals surface area contributed by atoms with Crippen LogP contribution in [0.5, 0.6) is 0 Å². The molecule has 0 spiro atoms. The van der Waals surface area contributed by atoms with Gasteiger partial charge in [0.1, 0.15) is 4.90 Å². The van der Waals surface area contributed by atoms with Crippen LogP contribution in [0, 0.1) is 0 Å². The van der Waals surface area contributed by atoms with Crippen LogP contribution in [0.1, 0.15) is 6.92 Å². The first-order chi connectivity index (χ1) is 9.72. The van der Waals surface area contributed by atoms with Gasteiger partial charge in [0.2, 0.25) is 15.9 Å². The smallest absolute Gasteiger partial charge is 0.243 e. The van der Waals surface area contributed by atoms with E-state index in [0.717, 1.165) is 0 Å². The van der Waals surface area contributed by atoms with E-state index in [1.165, 1.54) is 18.0 Å². The fourth-order valence-corrected chi connectivity index (χ4v) is 3.45. The zero-order valence-corrected chi connectivity index (χ0v) is 12.9. The lowest BCUT2D eigenvalue weighted by Gasteiger charge is -2.17. The summed E-state index contributed by atoms with van der Waals surface area (Å²) >= 11 is 0. The molecule has 1 amide bonds. The maximum atomic E-state index is 12.4. The average molecular weight is 310 g/mol. The van der Waals surface area contributed by atoms with Gasteiger partial charge in [-0.3, -0.25) is 4.79 Å². The summed E-state index contributed by atoms with van der Waals surface area (Å²) in [4.78, 5) is 16.1. The molecule has 7 nitrogen and oxygen atoms in total. The second-order valence-corrected chi connectivity index (χ2v) is 6.72. The van der Waals surface area contributed by atoms with Crippen molar-refractivity contribution < 1.29 is 13.2 Å². The molecule has 0 bridgehead atoms. The van der Waals surface area contributed by atoms with E-state index in [4.69, 9.17) is 5.73 Å². The summed E-state index contributed by atoms with van der Waals surface area (Å²) in [6.07, 6.45) is 1.39. The van der Waals surface area contributed by atoms with Crippen molar-refractivity contribution in [3.63, 3.8) is 0 Å². The van der Waals surface area contributed by atoms with Gasteiger partial charge in [-0.05, 0) is 25.1 Å². The molecule has 114 valence electrons. The van der Waals surface area contributed by atoms with Crippen LogP contribution < -0.4 is 10.5 Å². The predicted molar refractivity (Wildman–Crippen MR) is 81.2 cm³/mol. The number of nitrogens with zero attached hydrogens (tertiary/aromatic N) is 1. The van der Waals surface area contributed by atoms with E-state index in [1.807, 2.05) is 0 Å². The van der Waals surface area contributed by atoms with Gasteiger partial charge in [-0.25, -0.2) is 8.42 Å². The number of benzene rings is 1. The fourth-order valence-electron chi connectivity index (χ4n) is 2.07. The molecule has 1 atom stereocenters. The zero-order valence-electron chi connectivity index (χ0n) is 12.0. The van der Waals surface area contributed by atoms with Crippen LogP contribution in [0.3, 0.4) is 0 Å². The molecule has 4 N–H and O–H groups in total. The number of carbonyl (C=O) groups excluding carboxylic acids is 1. The Bertz CT molecular complexity index is 780. The quantitative estimate of drug-likeness (QED) is 0.715. The minimum absolute atomic E-state index is 0.0934. The van der Waals surface area contributed by atoms with E-state index in [2.05, 4.69) is 9.71 Å². The molecule has 0 aliphatic rings. The number of sulfonamides is 1. The number of anilines is 1. The van der Waals surface area contributed by atoms with Crippen molar-refractivity contribution in [2.24, 2.45) is 0 Å². The van der Waals surface area contributed by atoms with Gasteiger partial charge in [0.05, 0.1) is 6.04 Å². The number of amides is 1. The Morgan fingerprint density at radius 3 is 2.67 bits per heavy atom. The number of nitrogens with one attached hydrogen (secondary N) is 2. The minimum Gasteiger partial charge on any atom is -0.399 e. The number of aromatic amines is 1. The molecule has 1 unspecified atom stereocenters. The highest BCUT2D eigenvalue weighted by molar-refractivity contribution is 7.89. The normalized spacial score (nSPS) is 13.3. The molecule has 2 rings (SSSR count). The summed E-state index contributed by atoms with van der Waals surface area (Å²) in [6.45, 7) is 1.51. The van der Waals surface area contributed by atoms with Crippen LogP contribution in [-0.2, 0) is 14.8 Å². The Hall–Kier alpha value is -2.06. The highest BCUT2D eigenvalue weighted by Crippen LogP contribution is 2.24. The van der Waals surface area contributed by atoms with Gasteiger partial charge in [0.15, 0.2) is 0 Å². The molecule has 0 saturated heterocycles. The van der Waals surface area contributed by atoms with E-state index >= 15 is 0 Å². The van der Waals surface area contributed by atoms with Crippen LogP contribution in [-0.4, -0.2) is 44.3 Å². The third kappa shape index (κ3) is 3.01. The standard InChI is InChI=1S/C13H18N4O3S/c1-8(13(18)17(2)3)16-21(19,20)12-7-15-11-6-9(14)4-5-10(11)12/h4-8,15-16H,14H2,1-3H3. The average Bonchev–Trinajstić information content (AvgIpc) is 2.80. The third-order valence-electron chi connectivity index (χ3n) is 3.10. The van der Waals surface area contributed by atoms with Gasteiger partial charge in [-0.1, -0.05) is 0 Å². The molecular weight excluding hydrogens is 292 g/mol. The number of rotatable bonds is 4. The van der Waals surface area contributed by atoms with Gasteiger partial charge in [-0.2, -0.15) is 4.72 Å². The number of nitrogens with two attached hydrogens (primary N) is 1. The predicted octanol–water partition coefficient (Wildman–Crippen LogP) is 0.505. The number of fused-ring (bicyclic) bond motifs is 1. The van der Waals surface area contributed by atoms with Gasteiger partial charge in [-0.15, -0.1) is 0 Å². The van der Waals surface area contributed by atoms with Crippen molar-refractivity contribution in [2.45, 2.75) is 17.9 Å². The topological polar surface area (TPSA) is 108 Å². The highest BCUT2D eigenvalue weighted by atomic mass is 32.2. The summed E-state index contributed by atoms with van der Waals surface area (Å²) < 4.78 is 27.2. The van der Waals surface area contributed by atoms with Gasteiger partial charge in [0.25, 0.3) is 0 Å². The number of nitrogen functional groups attached to an aromatic ring is 1. The van der Waals surface area contributed by atoms with Gasteiger partial charge >= 0.3 is 0 Å². The van der Waals surface area contributed by atoms with Crippen molar-refractivity contribution in [3.05, 3.63) is 24.4 Å². The third-order valence-corrected chi connectivity index (χ3v) is 4.68. The zero-order chi connectivity index (χ0) is 15.8. The number of aromatic nitrogens is 1. The monoisotopic (exact) mass is 310 g/mol. The Morgan fingerprint density at radius 1 is 1.38 bits per heavy atom. The summed E-state index contributed by atoms with van der Waals surface area (Å²) in [7, 11) is -0.662. The SMILES string of the molecule is CC(NS(=O)(=O)c1c[nH]c2cc(N)ccc12)C(=O)N(C)C. The molecule has 0 radical (unpaired) electrons. The molecule has 0 fully saturated rings. The summed E-state index contributed by atoms with van der Waals surface area (Å²) in [6, 6.07) is 4.07. The molecule has 0 saturated carbocycles. The Morgan fingerprint density at radius 2 is 2.05 bits per heavy atom. The minimum atomic E-state index is -3.80. The van der Waals surface area contributed by atoms with Crippen molar-refractivity contribution in [1.82, 2.24) is 14.6 Å². The van der Waals surface area contributed by atoms with Crippen molar-refractivity contribution in [3.8, 4) is 0 Å². The number of hydrogen-bond donors (Lipinski definition) is 3. The Kier molecular flexibility index (Phi) is 3.93. The first kappa shape index (κ1) is 15.3. The molecule has 1 aromatic carbocycles. The van der Waals surface area contributed by atoms with Crippen LogP contribution in [0.4, 0.5) is 5.69 Å². The number of likely N-dealkylation sites (N-methyl/N-ethyl adjacent to an activating group) is 1. The van der Waals surface area contributed by atoms with Crippen LogP contribution in [0.25, 0.3) is 10.9 Å². The fraction of sp³-hybridized carbons (Fsp3) is 0.308. The van der Waals surface area contributed by atoms with Crippen LogP contribution in [0.2, 0.25) is 0 Å². The van der Waals surface area contributed by atoms with E-state index in [0.29, 0.717) is 16.6 Å². The lowest BCUT2D eigenvalue weighted by atomic mass is 10.2. The van der Waals surface area contributed by atoms with Crippen molar-refractivity contribution >= 4 is 32.5 Å². The molecule has 8 heteroatoms. The maximum Gasteiger partial charge on any atom is 0.243 e. The highest BCUT2D eigenvalue weighted by Gasteiger charge is 2.25. The lowest BCUT2D eigenvalue weighted by molar-refractivity contribution is -0.130. The van der Waals surface area contributed by atoms with E-state index in [1.54, 1.807) is 32.3 Å². The summed E-state index contributed by atoms with van der Waals surface area (Å²) in [5.41, 5.74) is 6.83. The molecule has 2 aromatic rings. The summed E-state index contributed by atoms with van der Waals surface area (Å²) in [5.74, 6) is -0.317. The molecular formula is C13H18N4O3S.